The number of carbonyl (C=O) groups excluding carboxylic acids is 4. The predicted molar refractivity (Wildman–Crippen MR) is 248 cm³/mol. The van der Waals surface area contributed by atoms with Gasteiger partial charge in [0, 0.05) is 24.0 Å². The molecule has 7 aromatic rings. The van der Waals surface area contributed by atoms with Crippen molar-refractivity contribution in [2.75, 3.05) is 25.2 Å². The molecule has 0 N–H and O–H groups in total. The fourth-order valence-corrected chi connectivity index (χ4v) is 6.66. The van der Waals surface area contributed by atoms with Gasteiger partial charge in [-0.15, -0.1) is 0 Å². The summed E-state index contributed by atoms with van der Waals surface area (Å²) < 4.78 is 31.6. The van der Waals surface area contributed by atoms with E-state index in [0.717, 1.165) is 45.1 Å². The lowest BCUT2D eigenvalue weighted by Crippen LogP contribution is -2.15. The van der Waals surface area contributed by atoms with Crippen LogP contribution in [0.25, 0.3) is 11.6 Å². The zero-order valence-corrected chi connectivity index (χ0v) is 36.2. The summed E-state index contributed by atoms with van der Waals surface area (Å²) in [6.07, 6.45) is 1.15. The topological polar surface area (TPSA) is 127 Å². The molecule has 7 aromatic carbocycles. The van der Waals surface area contributed by atoms with Crippen molar-refractivity contribution in [3.05, 3.63) is 209 Å². The molecule has 11 nitrogen and oxygen atoms in total. The summed E-state index contributed by atoms with van der Waals surface area (Å²) in [5.74, 6) is -0.323. The summed E-state index contributed by atoms with van der Waals surface area (Å²) in [7, 11) is 1.63. The molecule has 0 radical (unpaired) electrons. The number of methoxy groups -OCH3 is 1. The molecule has 65 heavy (non-hydrogen) atoms. The molecular weight excluding hydrogens is 823 g/mol. The van der Waals surface area contributed by atoms with E-state index in [1.165, 1.54) is 66.6 Å². The van der Waals surface area contributed by atoms with Gasteiger partial charge in [-0.1, -0.05) is 71.8 Å². The lowest BCUT2D eigenvalue weighted by molar-refractivity contribution is -0.131. The van der Waals surface area contributed by atoms with Gasteiger partial charge in [0.2, 0.25) is 0 Å². The number of anilines is 3. The van der Waals surface area contributed by atoms with E-state index in [9.17, 15) is 19.2 Å². The Labute approximate surface area is 377 Å². The highest BCUT2D eigenvalue weighted by Crippen LogP contribution is 2.36. The molecule has 326 valence electrons. The van der Waals surface area contributed by atoms with E-state index in [1.807, 2.05) is 36.4 Å². The van der Waals surface area contributed by atoms with Gasteiger partial charge in [0.05, 0.1) is 18.2 Å². The molecule has 0 fully saturated rings. The molecule has 0 bridgehead atoms. The number of carbonyl (C=O) groups is 4. The predicted octanol–water partition coefficient (Wildman–Crippen LogP) is 11.9. The second kappa shape index (κ2) is 21.1. The van der Waals surface area contributed by atoms with Crippen LogP contribution in [-0.4, -0.2) is 44.4 Å². The molecule has 0 aliphatic carbocycles. The maximum Gasteiger partial charge on any atom is 0.519 e. The van der Waals surface area contributed by atoms with Gasteiger partial charge in [-0.2, -0.15) is 0 Å². The van der Waals surface area contributed by atoms with Crippen LogP contribution in [-0.2, 0) is 14.3 Å². The van der Waals surface area contributed by atoms with Crippen molar-refractivity contribution in [3.8, 4) is 23.0 Å². The second-order valence-corrected chi connectivity index (χ2v) is 14.8. The summed E-state index contributed by atoms with van der Waals surface area (Å²) in [6, 6.07) is 51.9. The van der Waals surface area contributed by atoms with E-state index in [2.05, 4.69) is 97.6 Å². The first-order valence-corrected chi connectivity index (χ1v) is 20.6. The standard InChI is InChI=1S/C54H45NO10/c1-36-5-19-44(20-6-36)55(45-21-7-37(2)8-22-45)46-23-9-39(10-24-46)35-51(40-11-25-47(60-4)26-12-40)41-13-27-49(28-14-41)64-54(59)65-50-31-17-43(18-32-50)53(58)62-34-33-61-52(57)42-15-29-48(30-16-42)63-38(3)56/h5-32,35H,33-34H2,1-4H3. The Kier molecular flexibility index (Phi) is 14.5. The Morgan fingerprint density at radius 1 is 0.446 bits per heavy atom. The molecule has 7 rings (SSSR count). The number of ether oxygens (including phenoxy) is 6. The first-order valence-electron chi connectivity index (χ1n) is 20.6. The summed E-state index contributed by atoms with van der Waals surface area (Å²) in [5.41, 5.74) is 9.71. The Morgan fingerprint density at radius 3 is 1.18 bits per heavy atom. The molecule has 0 atom stereocenters. The van der Waals surface area contributed by atoms with Crippen molar-refractivity contribution in [1.82, 2.24) is 0 Å². The smallest absolute Gasteiger partial charge is 0.497 e. The highest BCUT2D eigenvalue weighted by molar-refractivity contribution is 5.93. The van der Waals surface area contributed by atoms with Gasteiger partial charge < -0.3 is 33.3 Å². The van der Waals surface area contributed by atoms with E-state index >= 15 is 0 Å². The van der Waals surface area contributed by atoms with E-state index in [0.29, 0.717) is 5.75 Å². The largest absolute Gasteiger partial charge is 0.519 e. The van der Waals surface area contributed by atoms with Crippen molar-refractivity contribution in [1.29, 1.82) is 0 Å². The van der Waals surface area contributed by atoms with Gasteiger partial charge in [-0.25, -0.2) is 14.4 Å². The Bertz CT molecular complexity index is 2720. The van der Waals surface area contributed by atoms with Gasteiger partial charge in [0.25, 0.3) is 0 Å². The van der Waals surface area contributed by atoms with Gasteiger partial charge in [-0.05, 0) is 151 Å². The first-order chi connectivity index (χ1) is 31.5. The summed E-state index contributed by atoms with van der Waals surface area (Å²) in [4.78, 5) is 51.0. The minimum Gasteiger partial charge on any atom is -0.497 e. The number of esters is 3. The van der Waals surface area contributed by atoms with Crippen LogP contribution in [0.1, 0.15) is 55.5 Å². The third-order valence-corrected chi connectivity index (χ3v) is 10.0. The average molecular weight is 868 g/mol. The number of nitrogens with zero attached hydrogens (tertiary/aromatic N) is 1. The first kappa shape index (κ1) is 44.6. The maximum absolute atomic E-state index is 12.8. The van der Waals surface area contributed by atoms with Gasteiger partial charge in [-0.3, -0.25) is 4.79 Å². The highest BCUT2D eigenvalue weighted by Gasteiger charge is 2.16. The lowest BCUT2D eigenvalue weighted by Gasteiger charge is -2.26. The van der Waals surface area contributed by atoms with Gasteiger partial charge in [0.15, 0.2) is 0 Å². The summed E-state index contributed by atoms with van der Waals surface area (Å²) >= 11 is 0. The summed E-state index contributed by atoms with van der Waals surface area (Å²) in [6.45, 7) is 5.07. The van der Waals surface area contributed by atoms with Crippen molar-refractivity contribution in [2.24, 2.45) is 0 Å². The van der Waals surface area contributed by atoms with Crippen LogP contribution < -0.4 is 23.8 Å². The fraction of sp³-hybridized carbons (Fsp3) is 0.111. The van der Waals surface area contributed by atoms with E-state index in [1.54, 1.807) is 19.2 Å². The monoisotopic (exact) mass is 867 g/mol. The zero-order chi connectivity index (χ0) is 45.7. The highest BCUT2D eigenvalue weighted by atomic mass is 16.7. The Balaban J connectivity index is 0.972. The van der Waals surface area contributed by atoms with Crippen LogP contribution in [0.15, 0.2) is 170 Å². The SMILES string of the molecule is COc1ccc(C(=Cc2ccc(N(c3ccc(C)cc3)c3ccc(C)cc3)cc2)c2ccc(OC(=O)Oc3ccc(C(=O)OCCOC(=O)c4ccc(OC(C)=O)cc4)cc3)cc2)cc1. The molecule has 0 saturated carbocycles. The third-order valence-electron chi connectivity index (χ3n) is 10.0. The quantitative estimate of drug-likeness (QED) is 0.0321. The number of hydrogen-bond donors (Lipinski definition) is 0. The minimum absolute atomic E-state index is 0.147. The zero-order valence-electron chi connectivity index (χ0n) is 36.2. The molecule has 11 heteroatoms. The minimum atomic E-state index is -0.966. The number of aryl methyl sites for hydroxylation is 2. The van der Waals surface area contributed by atoms with Crippen LogP contribution in [0, 0.1) is 13.8 Å². The number of hydrogen-bond acceptors (Lipinski definition) is 11. The van der Waals surface area contributed by atoms with Crippen LogP contribution >= 0.6 is 0 Å². The maximum atomic E-state index is 12.8. The average Bonchev–Trinajstić information content (AvgIpc) is 3.32. The molecule has 0 saturated heterocycles. The molecule has 0 aliphatic rings. The lowest BCUT2D eigenvalue weighted by atomic mass is 9.95. The van der Waals surface area contributed by atoms with Crippen LogP contribution in [0.3, 0.4) is 0 Å². The van der Waals surface area contributed by atoms with Crippen molar-refractivity contribution >= 4 is 52.8 Å². The molecular formula is C54H45NO10. The van der Waals surface area contributed by atoms with Gasteiger partial charge >= 0.3 is 24.1 Å². The van der Waals surface area contributed by atoms with E-state index in [4.69, 9.17) is 28.4 Å². The Morgan fingerprint density at radius 2 is 0.800 bits per heavy atom. The van der Waals surface area contributed by atoms with E-state index < -0.39 is 24.1 Å². The number of rotatable bonds is 15. The normalized spacial score (nSPS) is 10.9. The van der Waals surface area contributed by atoms with Crippen LogP contribution in [0.4, 0.5) is 21.9 Å². The van der Waals surface area contributed by atoms with Crippen LogP contribution in [0.5, 0.6) is 23.0 Å². The van der Waals surface area contributed by atoms with Gasteiger partial charge in [0.1, 0.15) is 36.2 Å². The van der Waals surface area contributed by atoms with Crippen molar-refractivity contribution < 1.29 is 47.6 Å². The summed E-state index contributed by atoms with van der Waals surface area (Å²) in [5, 5.41) is 0. The fourth-order valence-electron chi connectivity index (χ4n) is 6.66. The van der Waals surface area contributed by atoms with Crippen molar-refractivity contribution in [3.63, 3.8) is 0 Å². The number of benzene rings is 7. The molecule has 0 spiro atoms. The third kappa shape index (κ3) is 12.1. The molecule has 0 heterocycles. The molecule has 0 amide bonds. The molecule has 0 aromatic heterocycles. The molecule has 0 aliphatic heterocycles. The Hall–Kier alpha value is -8.44. The van der Waals surface area contributed by atoms with Crippen LogP contribution in [0.2, 0.25) is 0 Å². The van der Waals surface area contributed by atoms with E-state index in [-0.39, 0.29) is 35.8 Å². The van der Waals surface area contributed by atoms with Crippen molar-refractivity contribution in [2.45, 2.75) is 20.8 Å². The molecule has 0 unspecified atom stereocenters. The second-order valence-electron chi connectivity index (χ2n) is 14.8.